The van der Waals surface area contributed by atoms with Crippen molar-refractivity contribution in [1.82, 2.24) is 10.6 Å². The highest BCUT2D eigenvalue weighted by Gasteiger charge is 2.09. The van der Waals surface area contributed by atoms with E-state index in [1.807, 2.05) is 43.3 Å². The normalized spacial score (nSPS) is 12.1. The molecule has 5 heteroatoms. The van der Waals surface area contributed by atoms with Gasteiger partial charge in [0.05, 0.1) is 0 Å². The molecule has 0 heterocycles. The highest BCUT2D eigenvalue weighted by molar-refractivity contribution is 5.97. The Kier molecular flexibility index (Phi) is 6.61. The summed E-state index contributed by atoms with van der Waals surface area (Å²) < 4.78 is 0. The molecular formula is C20H21N3O2. The van der Waals surface area contributed by atoms with Crippen LogP contribution in [0.4, 0.5) is 0 Å². The lowest BCUT2D eigenvalue weighted by atomic mass is 10.1. The number of nitrogens with zero attached hydrogens (tertiary/aromatic N) is 1. The first-order chi connectivity index (χ1) is 12.1. The first-order valence-electron chi connectivity index (χ1n) is 8.07. The van der Waals surface area contributed by atoms with Gasteiger partial charge >= 0.3 is 0 Å². The van der Waals surface area contributed by atoms with Gasteiger partial charge < -0.3 is 15.7 Å². The summed E-state index contributed by atoms with van der Waals surface area (Å²) in [5.41, 5.74) is 2.11. The number of nitriles is 1. The maximum absolute atomic E-state index is 12.1. The summed E-state index contributed by atoms with van der Waals surface area (Å²) in [6.07, 6.45) is 2.08. The Bertz CT molecular complexity index is 762. The Balaban J connectivity index is 1.85. The fourth-order valence-electron chi connectivity index (χ4n) is 2.27. The SMILES string of the molecule is CC(N/C=C(/C#N)C(=O)NCCc1ccc(O)cc1)c1ccccc1. The number of hydrogen-bond donors (Lipinski definition) is 3. The van der Waals surface area contributed by atoms with Gasteiger partial charge in [-0.1, -0.05) is 42.5 Å². The summed E-state index contributed by atoms with van der Waals surface area (Å²) in [6.45, 7) is 2.38. The third kappa shape index (κ3) is 5.70. The van der Waals surface area contributed by atoms with Crippen LogP contribution in [0, 0.1) is 11.3 Å². The van der Waals surface area contributed by atoms with Crippen LogP contribution in [0.3, 0.4) is 0 Å². The van der Waals surface area contributed by atoms with Gasteiger partial charge in [-0.15, -0.1) is 0 Å². The van der Waals surface area contributed by atoms with Crippen molar-refractivity contribution in [2.75, 3.05) is 6.54 Å². The number of amides is 1. The number of nitrogens with one attached hydrogen (secondary N) is 2. The molecule has 2 aromatic rings. The van der Waals surface area contributed by atoms with E-state index in [4.69, 9.17) is 0 Å². The summed E-state index contributed by atoms with van der Waals surface area (Å²) in [5.74, 6) is -0.199. The topological polar surface area (TPSA) is 85.2 Å². The lowest BCUT2D eigenvalue weighted by Gasteiger charge is -2.12. The van der Waals surface area contributed by atoms with Crippen molar-refractivity contribution in [2.45, 2.75) is 19.4 Å². The van der Waals surface area contributed by atoms with Gasteiger partial charge in [0.25, 0.3) is 5.91 Å². The first kappa shape index (κ1) is 18.1. The number of phenolic OH excluding ortho intramolecular Hbond substituents is 1. The van der Waals surface area contributed by atoms with E-state index in [2.05, 4.69) is 10.6 Å². The van der Waals surface area contributed by atoms with E-state index in [1.54, 1.807) is 24.3 Å². The molecule has 0 aliphatic carbocycles. The summed E-state index contributed by atoms with van der Waals surface area (Å²) in [7, 11) is 0. The molecule has 2 rings (SSSR count). The lowest BCUT2D eigenvalue weighted by molar-refractivity contribution is -0.117. The molecule has 2 aromatic carbocycles. The predicted octanol–water partition coefficient (Wildman–Crippen LogP) is 2.81. The van der Waals surface area contributed by atoms with Gasteiger partial charge in [-0.3, -0.25) is 4.79 Å². The van der Waals surface area contributed by atoms with Crippen molar-refractivity contribution in [2.24, 2.45) is 0 Å². The van der Waals surface area contributed by atoms with Crippen LogP contribution in [-0.4, -0.2) is 17.6 Å². The van der Waals surface area contributed by atoms with E-state index in [-0.39, 0.29) is 17.4 Å². The van der Waals surface area contributed by atoms with Gasteiger partial charge in [0.2, 0.25) is 0 Å². The molecule has 0 saturated carbocycles. The number of benzene rings is 2. The van der Waals surface area contributed by atoms with Crippen molar-refractivity contribution in [1.29, 1.82) is 5.26 Å². The van der Waals surface area contributed by atoms with E-state index in [0.717, 1.165) is 11.1 Å². The van der Waals surface area contributed by atoms with Crippen LogP contribution < -0.4 is 10.6 Å². The van der Waals surface area contributed by atoms with Crippen LogP contribution in [0.15, 0.2) is 66.4 Å². The van der Waals surface area contributed by atoms with Crippen molar-refractivity contribution in [3.8, 4) is 11.8 Å². The first-order valence-corrected chi connectivity index (χ1v) is 8.07. The molecule has 25 heavy (non-hydrogen) atoms. The fourth-order valence-corrected chi connectivity index (χ4v) is 2.27. The number of carbonyl (C=O) groups excluding carboxylic acids is 1. The lowest BCUT2D eigenvalue weighted by Crippen LogP contribution is -2.28. The smallest absolute Gasteiger partial charge is 0.263 e. The molecule has 1 atom stereocenters. The Labute approximate surface area is 147 Å². The highest BCUT2D eigenvalue weighted by Crippen LogP contribution is 2.11. The molecule has 5 nitrogen and oxygen atoms in total. The van der Waals surface area contributed by atoms with E-state index in [0.29, 0.717) is 13.0 Å². The zero-order chi connectivity index (χ0) is 18.1. The quantitative estimate of drug-likeness (QED) is 0.536. The molecule has 0 spiro atoms. The molecule has 0 fully saturated rings. The van der Waals surface area contributed by atoms with E-state index in [1.165, 1.54) is 6.20 Å². The third-order valence-electron chi connectivity index (χ3n) is 3.78. The van der Waals surface area contributed by atoms with E-state index in [9.17, 15) is 15.2 Å². The number of rotatable bonds is 7. The van der Waals surface area contributed by atoms with Crippen LogP contribution in [0.1, 0.15) is 24.1 Å². The maximum atomic E-state index is 12.1. The maximum Gasteiger partial charge on any atom is 0.263 e. The van der Waals surface area contributed by atoms with Crippen LogP contribution in [-0.2, 0) is 11.2 Å². The predicted molar refractivity (Wildman–Crippen MR) is 96.5 cm³/mol. The van der Waals surface area contributed by atoms with E-state index < -0.39 is 5.91 Å². The minimum absolute atomic E-state index is 0.00523. The molecule has 3 N–H and O–H groups in total. The van der Waals surface area contributed by atoms with Gasteiger partial charge in [0.1, 0.15) is 17.4 Å². The van der Waals surface area contributed by atoms with Crippen LogP contribution in [0.25, 0.3) is 0 Å². The standard InChI is InChI=1S/C20H21N3O2/c1-15(17-5-3-2-4-6-17)23-14-18(13-21)20(25)22-12-11-16-7-9-19(24)10-8-16/h2-10,14-15,23-24H,11-12H2,1H3,(H,22,25)/b18-14-. The summed E-state index contributed by atoms with van der Waals surface area (Å²) >= 11 is 0. The molecule has 0 saturated heterocycles. The second-order valence-electron chi connectivity index (χ2n) is 5.64. The minimum atomic E-state index is -0.408. The highest BCUT2D eigenvalue weighted by atomic mass is 16.3. The van der Waals surface area contributed by atoms with Crippen molar-refractivity contribution < 1.29 is 9.90 Å². The fraction of sp³-hybridized carbons (Fsp3) is 0.200. The van der Waals surface area contributed by atoms with Gasteiger partial charge in [0, 0.05) is 18.8 Å². The molecule has 1 unspecified atom stereocenters. The number of aromatic hydroxyl groups is 1. The van der Waals surface area contributed by atoms with Gasteiger partial charge in [-0.2, -0.15) is 5.26 Å². The van der Waals surface area contributed by atoms with Crippen LogP contribution in [0.2, 0.25) is 0 Å². The average molecular weight is 335 g/mol. The molecule has 0 aromatic heterocycles. The molecule has 0 aliphatic rings. The average Bonchev–Trinajstić information content (AvgIpc) is 2.64. The van der Waals surface area contributed by atoms with Gasteiger partial charge in [-0.25, -0.2) is 0 Å². The largest absolute Gasteiger partial charge is 0.508 e. The number of hydrogen-bond acceptors (Lipinski definition) is 4. The zero-order valence-electron chi connectivity index (χ0n) is 14.1. The number of phenols is 1. The Morgan fingerprint density at radius 1 is 1.20 bits per heavy atom. The number of carbonyl (C=O) groups is 1. The Morgan fingerprint density at radius 2 is 1.88 bits per heavy atom. The van der Waals surface area contributed by atoms with Crippen LogP contribution in [0.5, 0.6) is 5.75 Å². The van der Waals surface area contributed by atoms with Crippen molar-refractivity contribution >= 4 is 5.91 Å². The third-order valence-corrected chi connectivity index (χ3v) is 3.78. The summed E-state index contributed by atoms with van der Waals surface area (Å²) in [4.78, 5) is 12.1. The minimum Gasteiger partial charge on any atom is -0.508 e. The molecule has 1 amide bonds. The van der Waals surface area contributed by atoms with Crippen molar-refractivity contribution in [3.63, 3.8) is 0 Å². The zero-order valence-corrected chi connectivity index (χ0v) is 14.1. The molecular weight excluding hydrogens is 314 g/mol. The molecule has 0 aliphatic heterocycles. The molecule has 0 bridgehead atoms. The second-order valence-corrected chi connectivity index (χ2v) is 5.64. The van der Waals surface area contributed by atoms with Crippen molar-refractivity contribution in [3.05, 3.63) is 77.5 Å². The Morgan fingerprint density at radius 3 is 2.52 bits per heavy atom. The van der Waals surface area contributed by atoms with Crippen LogP contribution >= 0.6 is 0 Å². The monoisotopic (exact) mass is 335 g/mol. The summed E-state index contributed by atoms with van der Waals surface area (Å²) in [5, 5.41) is 24.2. The molecule has 0 radical (unpaired) electrons. The van der Waals surface area contributed by atoms with E-state index >= 15 is 0 Å². The van der Waals surface area contributed by atoms with Gasteiger partial charge in [-0.05, 0) is 36.6 Å². The van der Waals surface area contributed by atoms with Gasteiger partial charge in [0.15, 0.2) is 0 Å². The summed E-state index contributed by atoms with van der Waals surface area (Å²) in [6, 6.07) is 18.5. The second kappa shape index (κ2) is 9.14. The molecule has 128 valence electrons. The Hall–Kier alpha value is -3.26.